The summed E-state index contributed by atoms with van der Waals surface area (Å²) < 4.78 is 10.4. The van der Waals surface area contributed by atoms with E-state index in [1.165, 1.54) is 6.08 Å². The van der Waals surface area contributed by atoms with Crippen LogP contribution in [0, 0.1) is 0 Å². The molecule has 3 nitrogen and oxygen atoms in total. The Balaban J connectivity index is 2.18. The van der Waals surface area contributed by atoms with Crippen LogP contribution in [-0.2, 0) is 9.53 Å². The minimum absolute atomic E-state index is 0.394. The van der Waals surface area contributed by atoms with Gasteiger partial charge in [0.1, 0.15) is 11.4 Å². The lowest BCUT2D eigenvalue weighted by molar-refractivity contribution is -0.148. The van der Waals surface area contributed by atoms with Crippen LogP contribution in [0.15, 0.2) is 48.2 Å². The van der Waals surface area contributed by atoms with Crippen molar-refractivity contribution in [1.29, 1.82) is 0 Å². The van der Waals surface area contributed by atoms with Crippen LogP contribution < -0.4 is 4.74 Å². The fourth-order valence-electron chi connectivity index (χ4n) is 2.00. The molecule has 0 bridgehead atoms. The highest BCUT2D eigenvalue weighted by Gasteiger charge is 2.13. The average Bonchev–Trinajstić information content (AvgIpc) is 2.44. The topological polar surface area (TPSA) is 35.5 Å². The van der Waals surface area contributed by atoms with Crippen molar-refractivity contribution in [2.45, 2.75) is 26.4 Å². The van der Waals surface area contributed by atoms with E-state index in [0.717, 1.165) is 22.1 Å². The van der Waals surface area contributed by atoms with Crippen molar-refractivity contribution in [3.8, 4) is 5.75 Å². The molecule has 0 unspecified atom stereocenters. The first-order chi connectivity index (χ1) is 10.4. The molecule has 0 aromatic heterocycles. The Bertz CT molecular complexity index is 745. The van der Waals surface area contributed by atoms with E-state index in [2.05, 4.69) is 5.73 Å². The summed E-state index contributed by atoms with van der Waals surface area (Å²) in [7, 11) is 1.65. The van der Waals surface area contributed by atoms with Crippen LogP contribution in [0.25, 0.3) is 16.8 Å². The molecule has 0 aliphatic rings. The summed E-state index contributed by atoms with van der Waals surface area (Å²) >= 11 is 0. The summed E-state index contributed by atoms with van der Waals surface area (Å²) in [6.45, 7) is 5.50. The van der Waals surface area contributed by atoms with Crippen LogP contribution in [0.5, 0.6) is 5.75 Å². The highest BCUT2D eigenvalue weighted by Crippen LogP contribution is 2.22. The maximum atomic E-state index is 11.6. The van der Waals surface area contributed by atoms with Crippen molar-refractivity contribution in [2.24, 2.45) is 0 Å². The largest absolute Gasteiger partial charge is 0.497 e. The van der Waals surface area contributed by atoms with Gasteiger partial charge in [-0.15, -0.1) is 5.73 Å². The van der Waals surface area contributed by atoms with E-state index < -0.39 is 11.6 Å². The molecule has 0 heterocycles. The van der Waals surface area contributed by atoms with Crippen LogP contribution in [0.3, 0.4) is 0 Å². The van der Waals surface area contributed by atoms with Gasteiger partial charge in [-0.2, -0.15) is 0 Å². The summed E-state index contributed by atoms with van der Waals surface area (Å²) in [4.78, 5) is 11.6. The van der Waals surface area contributed by atoms with Crippen molar-refractivity contribution >= 4 is 22.8 Å². The average molecular weight is 296 g/mol. The summed E-state index contributed by atoms with van der Waals surface area (Å²) in [5.41, 5.74) is 3.34. The first kappa shape index (κ1) is 15.9. The molecular formula is C19H20O3. The van der Waals surface area contributed by atoms with Gasteiger partial charge in [0.05, 0.1) is 13.2 Å². The third-order valence-electron chi connectivity index (χ3n) is 2.93. The summed E-state index contributed by atoms with van der Waals surface area (Å²) in [6.07, 6.45) is 3.07. The lowest BCUT2D eigenvalue weighted by Gasteiger charge is -2.17. The Hall–Kier alpha value is -2.51. The Morgan fingerprint density at radius 2 is 1.77 bits per heavy atom. The number of fused-ring (bicyclic) bond motifs is 1. The van der Waals surface area contributed by atoms with E-state index >= 15 is 0 Å². The standard InChI is InChI=1S/C19H20O3/c1-19(2,3)22-18(20)7-5-6-14-8-9-16-13-17(21-4)11-10-15(16)12-14/h6-13H,1-4H3. The van der Waals surface area contributed by atoms with E-state index in [0.29, 0.717) is 0 Å². The second-order valence-electron chi connectivity index (χ2n) is 5.96. The van der Waals surface area contributed by atoms with Crippen LogP contribution in [0.2, 0.25) is 0 Å². The third-order valence-corrected chi connectivity index (χ3v) is 2.93. The van der Waals surface area contributed by atoms with Crippen molar-refractivity contribution in [1.82, 2.24) is 0 Å². The molecule has 3 heteroatoms. The highest BCUT2D eigenvalue weighted by atomic mass is 16.6. The second kappa shape index (κ2) is 6.50. The van der Waals surface area contributed by atoms with E-state index in [1.54, 1.807) is 13.2 Å². The number of hydrogen-bond donors (Lipinski definition) is 0. The smallest absolute Gasteiger partial charge is 0.339 e. The maximum Gasteiger partial charge on any atom is 0.339 e. The number of rotatable bonds is 3. The Kier molecular flexibility index (Phi) is 4.69. The van der Waals surface area contributed by atoms with Gasteiger partial charge in [-0.1, -0.05) is 18.2 Å². The molecule has 0 aliphatic carbocycles. The molecule has 0 atom stereocenters. The molecule has 0 fully saturated rings. The fourth-order valence-corrected chi connectivity index (χ4v) is 2.00. The second-order valence-corrected chi connectivity index (χ2v) is 5.96. The summed E-state index contributed by atoms with van der Waals surface area (Å²) in [5, 5.41) is 2.21. The van der Waals surface area contributed by atoms with Crippen LogP contribution in [-0.4, -0.2) is 18.7 Å². The lowest BCUT2D eigenvalue weighted by Crippen LogP contribution is -2.22. The maximum absolute atomic E-state index is 11.6. The molecule has 0 saturated heterocycles. The molecule has 0 spiro atoms. The Morgan fingerprint density at radius 1 is 1.09 bits per heavy atom. The van der Waals surface area contributed by atoms with Crippen LogP contribution >= 0.6 is 0 Å². The number of carbonyl (C=O) groups excluding carboxylic acids is 1. The zero-order valence-electron chi connectivity index (χ0n) is 13.3. The minimum Gasteiger partial charge on any atom is -0.497 e. The van der Waals surface area contributed by atoms with E-state index in [9.17, 15) is 4.79 Å². The molecule has 0 amide bonds. The monoisotopic (exact) mass is 296 g/mol. The van der Waals surface area contributed by atoms with Crippen molar-refractivity contribution in [3.63, 3.8) is 0 Å². The van der Waals surface area contributed by atoms with Gasteiger partial charge in [-0.05, 0) is 61.4 Å². The molecule has 0 radical (unpaired) electrons. The van der Waals surface area contributed by atoms with Gasteiger partial charge in [0, 0.05) is 0 Å². The molecule has 2 aromatic carbocycles. The van der Waals surface area contributed by atoms with Gasteiger partial charge in [-0.25, -0.2) is 4.79 Å². The van der Waals surface area contributed by atoms with Crippen molar-refractivity contribution in [3.05, 3.63) is 53.8 Å². The van der Waals surface area contributed by atoms with Crippen LogP contribution in [0.1, 0.15) is 26.3 Å². The molecule has 22 heavy (non-hydrogen) atoms. The molecule has 114 valence electrons. The Labute approximate surface area is 130 Å². The fraction of sp³-hybridized carbons (Fsp3) is 0.263. The molecule has 0 N–H and O–H groups in total. The van der Waals surface area contributed by atoms with Gasteiger partial charge >= 0.3 is 5.97 Å². The first-order valence-electron chi connectivity index (χ1n) is 7.11. The SMILES string of the molecule is COc1ccc2cc(C=C=CC(=O)OC(C)(C)C)ccc2c1. The molecule has 2 aromatic rings. The molecule has 2 rings (SSSR count). The highest BCUT2D eigenvalue weighted by molar-refractivity contribution is 5.86. The predicted octanol–water partition coefficient (Wildman–Crippen LogP) is 4.36. The van der Waals surface area contributed by atoms with E-state index in [1.807, 2.05) is 57.2 Å². The number of esters is 1. The van der Waals surface area contributed by atoms with E-state index in [-0.39, 0.29) is 0 Å². The van der Waals surface area contributed by atoms with Gasteiger partial charge in [0.2, 0.25) is 0 Å². The number of benzene rings is 2. The first-order valence-corrected chi connectivity index (χ1v) is 7.11. The van der Waals surface area contributed by atoms with Gasteiger partial charge in [0.15, 0.2) is 0 Å². The van der Waals surface area contributed by atoms with Crippen molar-refractivity contribution in [2.75, 3.05) is 7.11 Å². The zero-order valence-corrected chi connectivity index (χ0v) is 13.3. The lowest BCUT2D eigenvalue weighted by atomic mass is 10.1. The zero-order chi connectivity index (χ0) is 16.2. The number of methoxy groups -OCH3 is 1. The number of hydrogen-bond acceptors (Lipinski definition) is 3. The summed E-state index contributed by atoms with van der Waals surface area (Å²) in [6, 6.07) is 11.9. The van der Waals surface area contributed by atoms with Gasteiger partial charge in [0.25, 0.3) is 0 Å². The Morgan fingerprint density at radius 3 is 2.45 bits per heavy atom. The van der Waals surface area contributed by atoms with Crippen LogP contribution in [0.4, 0.5) is 0 Å². The predicted molar refractivity (Wildman–Crippen MR) is 88.9 cm³/mol. The van der Waals surface area contributed by atoms with Crippen molar-refractivity contribution < 1.29 is 14.3 Å². The summed E-state index contributed by atoms with van der Waals surface area (Å²) in [5.74, 6) is 0.440. The van der Waals surface area contributed by atoms with Gasteiger partial charge in [-0.3, -0.25) is 0 Å². The van der Waals surface area contributed by atoms with Gasteiger partial charge < -0.3 is 9.47 Å². The van der Waals surface area contributed by atoms with E-state index in [4.69, 9.17) is 9.47 Å². The number of ether oxygens (including phenoxy) is 2. The normalized spacial score (nSPS) is 10.7. The molecule has 0 saturated carbocycles. The minimum atomic E-state index is -0.489. The number of carbonyl (C=O) groups is 1. The molecular weight excluding hydrogens is 276 g/mol. The third kappa shape index (κ3) is 4.51. The quantitative estimate of drug-likeness (QED) is 0.479. The molecule has 0 aliphatic heterocycles.